The van der Waals surface area contributed by atoms with E-state index in [1.54, 1.807) is 37.5 Å². The Morgan fingerprint density at radius 3 is 2.42 bits per heavy atom. The summed E-state index contributed by atoms with van der Waals surface area (Å²) in [5.74, 6) is 2.26. The average molecular weight is 445 g/mol. The molecule has 3 aromatic rings. The largest absolute Gasteiger partial charge is 0.497 e. The van der Waals surface area contributed by atoms with Crippen LogP contribution in [0.4, 0.5) is 0 Å². The summed E-state index contributed by atoms with van der Waals surface area (Å²) >= 11 is 0. The lowest BCUT2D eigenvalue weighted by Crippen LogP contribution is -2.28. The highest BCUT2D eigenvalue weighted by Gasteiger charge is 2.13. The van der Waals surface area contributed by atoms with Crippen LogP contribution < -0.4 is 24.3 Å². The Labute approximate surface area is 191 Å². The highest BCUT2D eigenvalue weighted by Crippen LogP contribution is 2.32. The van der Waals surface area contributed by atoms with Crippen molar-refractivity contribution in [1.29, 1.82) is 0 Å². The van der Waals surface area contributed by atoms with Crippen molar-refractivity contribution in [2.75, 3.05) is 20.5 Å². The highest BCUT2D eigenvalue weighted by molar-refractivity contribution is 6.06. The number of nitrogens with one attached hydrogen (secondary N) is 1. The summed E-state index contributed by atoms with van der Waals surface area (Å²) in [5, 5.41) is 2.80. The first-order valence-electron chi connectivity index (χ1n) is 10.4. The number of hydrogen-bond donors (Lipinski definition) is 1. The van der Waals surface area contributed by atoms with Crippen LogP contribution in [0.5, 0.6) is 23.0 Å². The number of allylic oxidation sites excluding steroid dienone is 1. The molecule has 0 atom stereocenters. The number of rotatable bonds is 9. The molecule has 4 rings (SSSR count). The topological polar surface area (TPSA) is 83.1 Å². The van der Waals surface area contributed by atoms with Crippen molar-refractivity contribution < 1.29 is 28.5 Å². The van der Waals surface area contributed by atoms with Gasteiger partial charge in [0.1, 0.15) is 11.5 Å². The second-order valence-electron chi connectivity index (χ2n) is 7.25. The van der Waals surface area contributed by atoms with Crippen LogP contribution in [0, 0.1) is 0 Å². The number of fused-ring (bicyclic) bond motifs is 1. The number of ether oxygens (including phenoxy) is 4. The Balaban J connectivity index is 1.23. The molecule has 1 aliphatic heterocycles. The molecule has 0 spiro atoms. The van der Waals surface area contributed by atoms with Crippen molar-refractivity contribution in [1.82, 2.24) is 5.32 Å². The summed E-state index contributed by atoms with van der Waals surface area (Å²) in [6.45, 7) is 0.435. The fraction of sp³-hybridized carbons (Fsp3) is 0.154. The Morgan fingerprint density at radius 1 is 0.939 bits per heavy atom. The first kappa shape index (κ1) is 22.0. The van der Waals surface area contributed by atoms with Gasteiger partial charge in [-0.3, -0.25) is 9.59 Å². The Bertz CT molecular complexity index is 1150. The zero-order valence-electron chi connectivity index (χ0n) is 18.1. The first-order valence-corrected chi connectivity index (χ1v) is 10.4. The lowest BCUT2D eigenvalue weighted by Gasteiger charge is -2.08. The molecule has 0 aliphatic carbocycles. The van der Waals surface area contributed by atoms with Crippen molar-refractivity contribution in [3.8, 4) is 23.0 Å². The smallest absolute Gasteiger partial charge is 0.258 e. The van der Waals surface area contributed by atoms with E-state index in [-0.39, 0.29) is 25.1 Å². The number of hydrogen-bond acceptors (Lipinski definition) is 6. The molecule has 1 N–H and O–H groups in total. The molecule has 168 valence electrons. The summed E-state index contributed by atoms with van der Waals surface area (Å²) < 4.78 is 21.2. The SMILES string of the molecule is COc1ccc(/C=C/C(=O)c2ccc(OCC(=O)NCc3ccc4c(c3)OCO4)cc2)cc1. The van der Waals surface area contributed by atoms with E-state index in [0.29, 0.717) is 29.4 Å². The third-order valence-corrected chi connectivity index (χ3v) is 4.98. The molecule has 0 saturated heterocycles. The van der Waals surface area contributed by atoms with E-state index < -0.39 is 0 Å². The minimum Gasteiger partial charge on any atom is -0.497 e. The second kappa shape index (κ2) is 10.4. The van der Waals surface area contributed by atoms with E-state index in [4.69, 9.17) is 18.9 Å². The Kier molecular flexibility index (Phi) is 6.90. The molecular weight excluding hydrogens is 422 g/mol. The van der Waals surface area contributed by atoms with E-state index in [1.807, 2.05) is 42.5 Å². The lowest BCUT2D eigenvalue weighted by atomic mass is 10.1. The van der Waals surface area contributed by atoms with Crippen LogP contribution in [-0.2, 0) is 11.3 Å². The van der Waals surface area contributed by atoms with Gasteiger partial charge in [0.05, 0.1) is 7.11 Å². The summed E-state index contributed by atoms with van der Waals surface area (Å²) in [7, 11) is 1.61. The van der Waals surface area contributed by atoms with Gasteiger partial charge in [-0.25, -0.2) is 0 Å². The summed E-state index contributed by atoms with van der Waals surface area (Å²) in [5.41, 5.74) is 2.33. The van der Waals surface area contributed by atoms with Crippen LogP contribution in [0.1, 0.15) is 21.5 Å². The summed E-state index contributed by atoms with van der Waals surface area (Å²) in [6, 6.07) is 19.6. The van der Waals surface area contributed by atoms with Gasteiger partial charge in [-0.2, -0.15) is 0 Å². The van der Waals surface area contributed by atoms with Crippen molar-refractivity contribution in [3.05, 3.63) is 89.5 Å². The normalized spacial score (nSPS) is 11.9. The van der Waals surface area contributed by atoms with Gasteiger partial charge in [0.2, 0.25) is 6.79 Å². The van der Waals surface area contributed by atoms with Crippen molar-refractivity contribution in [2.24, 2.45) is 0 Å². The lowest BCUT2D eigenvalue weighted by molar-refractivity contribution is -0.123. The number of methoxy groups -OCH3 is 1. The first-order chi connectivity index (χ1) is 16.1. The summed E-state index contributed by atoms with van der Waals surface area (Å²) in [6.07, 6.45) is 3.26. The third-order valence-electron chi connectivity index (χ3n) is 4.98. The van der Waals surface area contributed by atoms with Crippen LogP contribution in [0.25, 0.3) is 6.08 Å². The molecule has 7 nitrogen and oxygen atoms in total. The van der Waals surface area contributed by atoms with Crippen molar-refractivity contribution in [2.45, 2.75) is 6.54 Å². The average Bonchev–Trinajstić information content (AvgIpc) is 3.33. The van der Waals surface area contributed by atoms with Gasteiger partial charge in [-0.05, 0) is 65.7 Å². The van der Waals surface area contributed by atoms with Gasteiger partial charge in [-0.1, -0.05) is 24.3 Å². The number of amides is 1. The van der Waals surface area contributed by atoms with E-state index >= 15 is 0 Å². The maximum atomic E-state index is 12.4. The number of carbonyl (C=O) groups excluding carboxylic acids is 2. The molecule has 1 aliphatic rings. The molecule has 7 heteroatoms. The molecule has 33 heavy (non-hydrogen) atoms. The third kappa shape index (κ3) is 5.92. The van der Waals surface area contributed by atoms with Gasteiger partial charge >= 0.3 is 0 Å². The van der Waals surface area contributed by atoms with E-state index in [9.17, 15) is 9.59 Å². The molecule has 0 saturated carbocycles. The molecule has 0 bridgehead atoms. The minimum absolute atomic E-state index is 0.126. The van der Waals surface area contributed by atoms with E-state index in [0.717, 1.165) is 16.9 Å². The number of carbonyl (C=O) groups is 2. The molecule has 0 radical (unpaired) electrons. The van der Waals surface area contributed by atoms with Gasteiger partial charge in [0, 0.05) is 12.1 Å². The predicted octanol–water partition coefficient (Wildman–Crippen LogP) is 4.02. The zero-order valence-corrected chi connectivity index (χ0v) is 18.1. The zero-order chi connectivity index (χ0) is 23.0. The van der Waals surface area contributed by atoms with Crippen molar-refractivity contribution >= 4 is 17.8 Å². The Hall–Kier alpha value is -4.26. The number of benzene rings is 3. The summed E-state index contributed by atoms with van der Waals surface area (Å²) in [4.78, 5) is 24.5. The number of ketones is 1. The molecule has 0 fully saturated rings. The molecule has 3 aromatic carbocycles. The monoisotopic (exact) mass is 445 g/mol. The van der Waals surface area contributed by atoms with Crippen LogP contribution >= 0.6 is 0 Å². The van der Waals surface area contributed by atoms with Crippen LogP contribution in [0.15, 0.2) is 72.8 Å². The minimum atomic E-state index is -0.254. The van der Waals surface area contributed by atoms with Crippen LogP contribution in [0.2, 0.25) is 0 Å². The van der Waals surface area contributed by atoms with Gasteiger partial charge in [-0.15, -0.1) is 0 Å². The molecule has 0 aromatic heterocycles. The predicted molar refractivity (Wildman–Crippen MR) is 123 cm³/mol. The fourth-order valence-electron chi connectivity index (χ4n) is 3.15. The maximum Gasteiger partial charge on any atom is 0.258 e. The van der Waals surface area contributed by atoms with E-state index in [2.05, 4.69) is 5.32 Å². The molecule has 1 amide bonds. The molecule has 1 heterocycles. The molecule has 0 unspecified atom stereocenters. The highest BCUT2D eigenvalue weighted by atomic mass is 16.7. The van der Waals surface area contributed by atoms with E-state index in [1.165, 1.54) is 6.08 Å². The van der Waals surface area contributed by atoms with Gasteiger partial charge in [0.15, 0.2) is 23.9 Å². The second-order valence-corrected chi connectivity index (χ2v) is 7.25. The van der Waals surface area contributed by atoms with Gasteiger partial charge in [0.25, 0.3) is 5.91 Å². The fourth-order valence-corrected chi connectivity index (χ4v) is 3.15. The van der Waals surface area contributed by atoms with Gasteiger partial charge < -0.3 is 24.3 Å². The quantitative estimate of drug-likeness (QED) is 0.396. The maximum absolute atomic E-state index is 12.4. The van der Waals surface area contributed by atoms with Crippen LogP contribution in [0.3, 0.4) is 0 Å². The van der Waals surface area contributed by atoms with Crippen LogP contribution in [-0.4, -0.2) is 32.2 Å². The standard InChI is InChI=1S/C26H23NO6/c1-30-21-8-2-18(3-9-21)4-12-23(28)20-6-10-22(11-7-20)31-16-26(29)27-15-19-5-13-24-25(14-19)33-17-32-24/h2-14H,15-17H2,1H3,(H,27,29)/b12-4+. The molecular formula is C26H23NO6. The van der Waals surface area contributed by atoms with Crippen molar-refractivity contribution in [3.63, 3.8) is 0 Å². The Morgan fingerprint density at radius 2 is 1.67 bits per heavy atom.